The van der Waals surface area contributed by atoms with Gasteiger partial charge in [-0.1, -0.05) is 19.3 Å². The van der Waals surface area contributed by atoms with E-state index in [-0.39, 0.29) is 5.78 Å². The van der Waals surface area contributed by atoms with Gasteiger partial charge >= 0.3 is 0 Å². The van der Waals surface area contributed by atoms with E-state index in [0.717, 1.165) is 5.56 Å². The summed E-state index contributed by atoms with van der Waals surface area (Å²) < 4.78 is 0. The quantitative estimate of drug-likeness (QED) is 0.888. The summed E-state index contributed by atoms with van der Waals surface area (Å²) in [5.74, 6) is 1.41. The standard InChI is InChI=1S/C14H20N2OS/c15-14-9-11(6-7-16-14)8-12(17)10-18-13-4-2-1-3-5-13/h6-7,9,13H,1-5,8,10H2,(H2,15,16). The van der Waals surface area contributed by atoms with E-state index in [1.807, 2.05) is 17.8 Å². The number of carbonyl (C=O) groups is 1. The zero-order chi connectivity index (χ0) is 12.8. The molecule has 2 rings (SSSR count). The first-order valence-corrected chi connectivity index (χ1v) is 7.62. The van der Waals surface area contributed by atoms with Crippen LogP contribution in [0.2, 0.25) is 0 Å². The molecule has 0 unspecified atom stereocenters. The second kappa shape index (κ2) is 6.78. The first kappa shape index (κ1) is 13.4. The number of carbonyl (C=O) groups excluding carboxylic acids is 1. The van der Waals surface area contributed by atoms with Crippen LogP contribution in [0.25, 0.3) is 0 Å². The Morgan fingerprint density at radius 1 is 1.39 bits per heavy atom. The first-order chi connectivity index (χ1) is 8.74. The van der Waals surface area contributed by atoms with Gasteiger partial charge in [-0.2, -0.15) is 11.8 Å². The molecule has 1 aromatic heterocycles. The number of nitrogens with zero attached hydrogens (tertiary/aromatic N) is 1. The van der Waals surface area contributed by atoms with E-state index < -0.39 is 0 Å². The van der Waals surface area contributed by atoms with Crippen molar-refractivity contribution < 1.29 is 4.79 Å². The third-order valence-corrected chi connectivity index (χ3v) is 4.71. The molecule has 1 aliphatic rings. The van der Waals surface area contributed by atoms with Gasteiger partial charge in [0.15, 0.2) is 0 Å². The van der Waals surface area contributed by atoms with Crippen LogP contribution in [0.5, 0.6) is 0 Å². The lowest BCUT2D eigenvalue weighted by molar-refractivity contribution is -0.116. The third-order valence-electron chi connectivity index (χ3n) is 3.28. The van der Waals surface area contributed by atoms with E-state index in [1.54, 1.807) is 12.3 Å². The normalized spacial score (nSPS) is 16.7. The number of thioether (sulfide) groups is 1. The number of pyridine rings is 1. The van der Waals surface area contributed by atoms with Gasteiger partial charge in [-0.3, -0.25) is 4.79 Å². The second-order valence-electron chi connectivity index (χ2n) is 4.88. The minimum absolute atomic E-state index is 0.288. The van der Waals surface area contributed by atoms with Gasteiger partial charge in [0.25, 0.3) is 0 Å². The Labute approximate surface area is 113 Å². The van der Waals surface area contributed by atoms with Crippen LogP contribution in [-0.2, 0) is 11.2 Å². The number of hydrogen-bond acceptors (Lipinski definition) is 4. The number of nitrogen functional groups attached to an aromatic ring is 1. The van der Waals surface area contributed by atoms with Crippen LogP contribution in [0.1, 0.15) is 37.7 Å². The number of ketones is 1. The molecule has 2 N–H and O–H groups in total. The molecule has 0 spiro atoms. The monoisotopic (exact) mass is 264 g/mol. The van der Waals surface area contributed by atoms with Crippen molar-refractivity contribution in [2.45, 2.75) is 43.8 Å². The highest BCUT2D eigenvalue weighted by Gasteiger charge is 2.15. The number of aromatic nitrogens is 1. The largest absolute Gasteiger partial charge is 0.384 e. The highest BCUT2D eigenvalue weighted by molar-refractivity contribution is 8.00. The van der Waals surface area contributed by atoms with E-state index in [2.05, 4.69) is 4.98 Å². The lowest BCUT2D eigenvalue weighted by atomic mass is 10.0. The zero-order valence-electron chi connectivity index (χ0n) is 10.6. The Bertz CT molecular complexity index is 403. The molecule has 0 aliphatic heterocycles. The van der Waals surface area contributed by atoms with Crippen LogP contribution in [0.4, 0.5) is 5.82 Å². The Morgan fingerprint density at radius 2 is 2.17 bits per heavy atom. The topological polar surface area (TPSA) is 56.0 Å². The van der Waals surface area contributed by atoms with Crippen LogP contribution >= 0.6 is 11.8 Å². The first-order valence-electron chi connectivity index (χ1n) is 6.58. The summed E-state index contributed by atoms with van der Waals surface area (Å²) in [6.07, 6.45) is 8.71. The van der Waals surface area contributed by atoms with Gasteiger partial charge in [-0.25, -0.2) is 4.98 Å². The molecule has 0 bridgehead atoms. The average Bonchev–Trinajstić information content (AvgIpc) is 2.38. The molecule has 98 valence electrons. The number of nitrogens with two attached hydrogens (primary N) is 1. The van der Waals surface area contributed by atoms with Crippen LogP contribution in [-0.4, -0.2) is 21.8 Å². The predicted molar refractivity (Wildman–Crippen MR) is 76.7 cm³/mol. The Kier molecular flexibility index (Phi) is 5.05. The van der Waals surface area contributed by atoms with Crippen molar-refractivity contribution in [3.63, 3.8) is 0 Å². The molecule has 0 atom stereocenters. The molecule has 1 aliphatic carbocycles. The number of Topliss-reactive ketones (excluding diaryl/α,β-unsaturated/α-hetero) is 1. The molecule has 1 fully saturated rings. The maximum atomic E-state index is 11.9. The van der Waals surface area contributed by atoms with E-state index in [4.69, 9.17) is 5.73 Å². The smallest absolute Gasteiger partial charge is 0.147 e. The van der Waals surface area contributed by atoms with Crippen LogP contribution in [0.3, 0.4) is 0 Å². The molecule has 0 aromatic carbocycles. The fraction of sp³-hybridized carbons (Fsp3) is 0.571. The van der Waals surface area contributed by atoms with Gasteiger partial charge in [0.2, 0.25) is 0 Å². The summed E-state index contributed by atoms with van der Waals surface area (Å²) in [7, 11) is 0. The van der Waals surface area contributed by atoms with Crippen molar-refractivity contribution in [1.29, 1.82) is 0 Å². The van der Waals surface area contributed by atoms with Crippen LogP contribution in [0.15, 0.2) is 18.3 Å². The summed E-state index contributed by atoms with van der Waals surface area (Å²) >= 11 is 1.83. The van der Waals surface area contributed by atoms with Crippen molar-refractivity contribution in [3.05, 3.63) is 23.9 Å². The maximum absolute atomic E-state index is 11.9. The Hall–Kier alpha value is -1.03. The van der Waals surface area contributed by atoms with Crippen molar-refractivity contribution in [3.8, 4) is 0 Å². The molecule has 1 saturated carbocycles. The molecule has 1 aromatic rings. The molecular weight excluding hydrogens is 244 g/mol. The van der Waals surface area contributed by atoms with Crippen LogP contribution < -0.4 is 5.73 Å². The van der Waals surface area contributed by atoms with Gasteiger partial charge in [-0.05, 0) is 30.5 Å². The van der Waals surface area contributed by atoms with Crippen molar-refractivity contribution >= 4 is 23.4 Å². The molecule has 0 amide bonds. The Morgan fingerprint density at radius 3 is 2.89 bits per heavy atom. The van der Waals surface area contributed by atoms with E-state index in [9.17, 15) is 4.79 Å². The zero-order valence-corrected chi connectivity index (χ0v) is 11.4. The van der Waals surface area contributed by atoms with Gasteiger partial charge < -0.3 is 5.73 Å². The molecule has 18 heavy (non-hydrogen) atoms. The summed E-state index contributed by atoms with van der Waals surface area (Å²) in [6, 6.07) is 3.64. The molecule has 0 radical (unpaired) electrons. The number of hydrogen-bond donors (Lipinski definition) is 1. The van der Waals surface area contributed by atoms with Crippen molar-refractivity contribution in [1.82, 2.24) is 4.98 Å². The summed E-state index contributed by atoms with van der Waals surface area (Å²) in [4.78, 5) is 15.8. The fourth-order valence-electron chi connectivity index (χ4n) is 2.33. The minimum Gasteiger partial charge on any atom is -0.384 e. The third kappa shape index (κ3) is 4.33. The summed E-state index contributed by atoms with van der Waals surface area (Å²) in [5.41, 5.74) is 6.57. The second-order valence-corrected chi connectivity index (χ2v) is 6.16. The molecule has 4 heteroatoms. The van der Waals surface area contributed by atoms with Crippen molar-refractivity contribution in [2.75, 3.05) is 11.5 Å². The van der Waals surface area contributed by atoms with Gasteiger partial charge in [0.05, 0.1) is 5.75 Å². The van der Waals surface area contributed by atoms with Gasteiger partial charge in [-0.15, -0.1) is 0 Å². The highest BCUT2D eigenvalue weighted by atomic mass is 32.2. The lowest BCUT2D eigenvalue weighted by Crippen LogP contribution is -2.13. The average molecular weight is 264 g/mol. The lowest BCUT2D eigenvalue weighted by Gasteiger charge is -2.20. The molecule has 1 heterocycles. The minimum atomic E-state index is 0.288. The predicted octanol–water partition coefficient (Wildman–Crippen LogP) is 2.84. The summed E-state index contributed by atoms with van der Waals surface area (Å²) in [6.45, 7) is 0. The molecular formula is C14H20N2OS. The van der Waals surface area contributed by atoms with E-state index in [1.165, 1.54) is 32.1 Å². The highest BCUT2D eigenvalue weighted by Crippen LogP contribution is 2.28. The SMILES string of the molecule is Nc1cc(CC(=O)CSC2CCCCC2)ccn1. The molecule has 0 saturated heterocycles. The summed E-state index contributed by atoms with van der Waals surface area (Å²) in [5, 5.41) is 0.699. The van der Waals surface area contributed by atoms with E-state index >= 15 is 0 Å². The number of rotatable bonds is 5. The Balaban J connectivity index is 1.74. The molecule has 3 nitrogen and oxygen atoms in total. The number of anilines is 1. The van der Waals surface area contributed by atoms with Crippen LogP contribution in [0, 0.1) is 0 Å². The fourth-order valence-corrected chi connectivity index (χ4v) is 3.52. The van der Waals surface area contributed by atoms with Crippen molar-refractivity contribution in [2.24, 2.45) is 0 Å². The van der Waals surface area contributed by atoms with Gasteiger partial charge in [0.1, 0.15) is 11.6 Å². The van der Waals surface area contributed by atoms with E-state index in [0.29, 0.717) is 23.2 Å². The van der Waals surface area contributed by atoms with Gasteiger partial charge in [0, 0.05) is 17.9 Å². The maximum Gasteiger partial charge on any atom is 0.147 e.